The molecule has 0 spiro atoms. The minimum absolute atomic E-state index is 0.342. The van der Waals surface area contributed by atoms with Gasteiger partial charge in [-0.25, -0.2) is 0 Å². The Kier molecular flexibility index (Phi) is 5.54. The zero-order chi connectivity index (χ0) is 20.1. The Bertz CT molecular complexity index is 969. The molecule has 0 aliphatic carbocycles. The van der Waals surface area contributed by atoms with Crippen molar-refractivity contribution in [1.82, 2.24) is 0 Å². The van der Waals surface area contributed by atoms with Gasteiger partial charge in [-0.1, -0.05) is 24.3 Å². The molecule has 144 valence electrons. The van der Waals surface area contributed by atoms with Crippen molar-refractivity contribution in [3.05, 3.63) is 83.9 Å². The SMILES string of the molecule is COc1ccccc1Oc1ccc(NC(=O)c2ccccc2C(F)(F)F)cc1. The molecule has 3 rings (SSSR count). The summed E-state index contributed by atoms with van der Waals surface area (Å²) in [6, 6.07) is 18.0. The van der Waals surface area contributed by atoms with Crippen LogP contribution in [-0.2, 0) is 6.18 Å². The van der Waals surface area contributed by atoms with Crippen LogP contribution in [0.4, 0.5) is 18.9 Å². The first-order chi connectivity index (χ1) is 13.4. The number of alkyl halides is 3. The van der Waals surface area contributed by atoms with E-state index >= 15 is 0 Å². The molecule has 28 heavy (non-hydrogen) atoms. The highest BCUT2D eigenvalue weighted by Crippen LogP contribution is 2.33. The first kappa shape index (κ1) is 19.3. The second-order valence-corrected chi connectivity index (χ2v) is 5.77. The summed E-state index contributed by atoms with van der Waals surface area (Å²) >= 11 is 0. The number of halogens is 3. The summed E-state index contributed by atoms with van der Waals surface area (Å²) in [7, 11) is 1.53. The lowest BCUT2D eigenvalue weighted by Crippen LogP contribution is -2.18. The number of hydrogen-bond acceptors (Lipinski definition) is 3. The first-order valence-corrected chi connectivity index (χ1v) is 8.27. The van der Waals surface area contributed by atoms with E-state index in [2.05, 4.69) is 5.32 Å². The van der Waals surface area contributed by atoms with Crippen molar-refractivity contribution in [1.29, 1.82) is 0 Å². The maximum Gasteiger partial charge on any atom is 0.417 e. The highest BCUT2D eigenvalue weighted by atomic mass is 19.4. The number of hydrogen-bond donors (Lipinski definition) is 1. The molecule has 0 aromatic heterocycles. The Morgan fingerprint density at radius 3 is 2.11 bits per heavy atom. The molecule has 1 amide bonds. The van der Waals surface area contributed by atoms with E-state index in [9.17, 15) is 18.0 Å². The van der Waals surface area contributed by atoms with Gasteiger partial charge in [0.15, 0.2) is 11.5 Å². The van der Waals surface area contributed by atoms with Gasteiger partial charge in [-0.15, -0.1) is 0 Å². The van der Waals surface area contributed by atoms with Crippen molar-refractivity contribution in [3.8, 4) is 17.2 Å². The maximum absolute atomic E-state index is 13.1. The smallest absolute Gasteiger partial charge is 0.417 e. The van der Waals surface area contributed by atoms with Crippen LogP contribution in [0.2, 0.25) is 0 Å². The van der Waals surface area contributed by atoms with Gasteiger partial charge in [0.1, 0.15) is 5.75 Å². The first-order valence-electron chi connectivity index (χ1n) is 8.27. The van der Waals surface area contributed by atoms with Crippen molar-refractivity contribution < 1.29 is 27.4 Å². The lowest BCUT2D eigenvalue weighted by atomic mass is 10.1. The number of anilines is 1. The molecule has 3 aromatic rings. The van der Waals surface area contributed by atoms with Gasteiger partial charge in [0.05, 0.1) is 18.2 Å². The summed E-state index contributed by atoms with van der Waals surface area (Å²) in [4.78, 5) is 12.3. The number of amides is 1. The Balaban J connectivity index is 1.74. The van der Waals surface area contributed by atoms with Gasteiger partial charge in [0.2, 0.25) is 0 Å². The predicted octanol–water partition coefficient (Wildman–Crippen LogP) is 5.76. The fourth-order valence-electron chi connectivity index (χ4n) is 2.56. The number of carbonyl (C=O) groups is 1. The van der Waals surface area contributed by atoms with Crippen molar-refractivity contribution >= 4 is 11.6 Å². The van der Waals surface area contributed by atoms with Crippen molar-refractivity contribution in [2.45, 2.75) is 6.18 Å². The Labute approximate surface area is 159 Å². The number of ether oxygens (including phenoxy) is 2. The fraction of sp³-hybridized carbons (Fsp3) is 0.0952. The van der Waals surface area contributed by atoms with Gasteiger partial charge < -0.3 is 14.8 Å². The average Bonchev–Trinajstić information content (AvgIpc) is 2.69. The number of benzene rings is 3. The van der Waals surface area contributed by atoms with Crippen LogP contribution in [0.5, 0.6) is 17.2 Å². The van der Waals surface area contributed by atoms with E-state index in [4.69, 9.17) is 9.47 Å². The molecule has 0 unspecified atom stereocenters. The molecular formula is C21H16F3NO3. The third-order valence-corrected chi connectivity index (χ3v) is 3.89. The largest absolute Gasteiger partial charge is 0.493 e. The van der Waals surface area contributed by atoms with E-state index in [0.29, 0.717) is 22.9 Å². The van der Waals surface area contributed by atoms with Crippen LogP contribution in [-0.4, -0.2) is 13.0 Å². The Morgan fingerprint density at radius 2 is 1.46 bits per heavy atom. The minimum atomic E-state index is -4.61. The maximum atomic E-state index is 13.1. The monoisotopic (exact) mass is 387 g/mol. The molecule has 3 aromatic carbocycles. The Morgan fingerprint density at radius 1 is 0.857 bits per heavy atom. The lowest BCUT2D eigenvalue weighted by Gasteiger charge is -2.13. The van der Waals surface area contributed by atoms with Crippen LogP contribution < -0.4 is 14.8 Å². The highest BCUT2D eigenvalue weighted by molar-refractivity contribution is 6.05. The van der Waals surface area contributed by atoms with Crippen LogP contribution in [0, 0.1) is 0 Å². The molecule has 0 bridgehead atoms. The van der Waals surface area contributed by atoms with Gasteiger partial charge in [0, 0.05) is 5.69 Å². The number of rotatable bonds is 5. The molecule has 0 heterocycles. The van der Waals surface area contributed by atoms with Gasteiger partial charge in [-0.3, -0.25) is 4.79 Å². The lowest BCUT2D eigenvalue weighted by molar-refractivity contribution is -0.137. The van der Waals surface area contributed by atoms with E-state index in [1.807, 2.05) is 6.07 Å². The second kappa shape index (κ2) is 8.04. The van der Waals surface area contributed by atoms with Gasteiger partial charge in [0.25, 0.3) is 5.91 Å². The highest BCUT2D eigenvalue weighted by Gasteiger charge is 2.34. The molecule has 0 radical (unpaired) electrons. The topological polar surface area (TPSA) is 47.6 Å². The number of nitrogens with one attached hydrogen (secondary N) is 1. The van der Waals surface area contributed by atoms with E-state index in [1.54, 1.807) is 42.5 Å². The minimum Gasteiger partial charge on any atom is -0.493 e. The Hall–Kier alpha value is -3.48. The van der Waals surface area contributed by atoms with E-state index in [-0.39, 0.29) is 0 Å². The van der Waals surface area contributed by atoms with Crippen molar-refractivity contribution in [3.63, 3.8) is 0 Å². The molecule has 0 aliphatic heterocycles. The molecule has 0 aliphatic rings. The van der Waals surface area contributed by atoms with Crippen LogP contribution in [0.15, 0.2) is 72.8 Å². The van der Waals surface area contributed by atoms with Gasteiger partial charge >= 0.3 is 6.18 Å². The standard InChI is InChI=1S/C21H16F3NO3/c1-27-18-8-4-5-9-19(18)28-15-12-10-14(11-13-15)25-20(26)16-6-2-3-7-17(16)21(22,23)24/h2-13H,1H3,(H,25,26). The van der Waals surface area contributed by atoms with Gasteiger partial charge in [-0.05, 0) is 48.5 Å². The third-order valence-electron chi connectivity index (χ3n) is 3.89. The van der Waals surface area contributed by atoms with Crippen LogP contribution >= 0.6 is 0 Å². The van der Waals surface area contributed by atoms with Gasteiger partial charge in [-0.2, -0.15) is 13.2 Å². The zero-order valence-electron chi connectivity index (χ0n) is 14.8. The molecule has 7 heteroatoms. The summed E-state index contributed by atoms with van der Waals surface area (Å²) in [5, 5.41) is 2.47. The normalized spacial score (nSPS) is 11.0. The summed E-state index contributed by atoms with van der Waals surface area (Å²) in [5.74, 6) is 0.717. The zero-order valence-corrected chi connectivity index (χ0v) is 14.8. The number of carbonyl (C=O) groups excluding carboxylic acids is 1. The molecule has 1 N–H and O–H groups in total. The quantitative estimate of drug-likeness (QED) is 0.606. The predicted molar refractivity (Wildman–Crippen MR) is 98.9 cm³/mol. The van der Waals surface area contributed by atoms with Crippen LogP contribution in [0.25, 0.3) is 0 Å². The van der Waals surface area contributed by atoms with E-state index in [0.717, 1.165) is 12.1 Å². The molecule has 0 saturated carbocycles. The van der Waals surface area contributed by atoms with Crippen molar-refractivity contribution in [2.75, 3.05) is 12.4 Å². The van der Waals surface area contributed by atoms with Crippen LogP contribution in [0.1, 0.15) is 15.9 Å². The fourth-order valence-corrected chi connectivity index (χ4v) is 2.56. The molecule has 0 atom stereocenters. The molecular weight excluding hydrogens is 371 g/mol. The summed E-state index contributed by atoms with van der Waals surface area (Å²) in [5.41, 5.74) is -1.08. The van der Waals surface area contributed by atoms with E-state index in [1.165, 1.54) is 19.2 Å². The summed E-state index contributed by atoms with van der Waals surface area (Å²) < 4.78 is 50.1. The second-order valence-electron chi connectivity index (χ2n) is 5.77. The molecule has 4 nitrogen and oxygen atoms in total. The third kappa shape index (κ3) is 4.43. The number of methoxy groups -OCH3 is 1. The summed E-state index contributed by atoms with van der Waals surface area (Å²) in [6.07, 6.45) is -4.61. The summed E-state index contributed by atoms with van der Waals surface area (Å²) in [6.45, 7) is 0. The molecule has 0 saturated heterocycles. The number of para-hydroxylation sites is 2. The van der Waals surface area contributed by atoms with Crippen LogP contribution in [0.3, 0.4) is 0 Å². The van der Waals surface area contributed by atoms with E-state index < -0.39 is 23.2 Å². The van der Waals surface area contributed by atoms with Crippen molar-refractivity contribution in [2.24, 2.45) is 0 Å². The molecule has 0 fully saturated rings. The average molecular weight is 387 g/mol.